The lowest BCUT2D eigenvalue weighted by Gasteiger charge is -2.18. The summed E-state index contributed by atoms with van der Waals surface area (Å²) in [4.78, 5) is 2.02. The summed E-state index contributed by atoms with van der Waals surface area (Å²) < 4.78 is 50.6. The molecule has 0 spiro atoms. The zero-order valence-corrected chi connectivity index (χ0v) is 15.6. The molecule has 2 aromatic carbocycles. The number of halogens is 1. The average molecular weight is 419 g/mol. The second-order valence-corrected chi connectivity index (χ2v) is 9.38. The Hall–Kier alpha value is -1.26. The minimum absolute atomic E-state index is 0.0130. The van der Waals surface area contributed by atoms with Gasteiger partial charge in [0.25, 0.3) is 20.0 Å². The van der Waals surface area contributed by atoms with E-state index in [0.29, 0.717) is 4.41 Å². The van der Waals surface area contributed by atoms with Crippen LogP contribution in [0.3, 0.4) is 0 Å². The van der Waals surface area contributed by atoms with Crippen LogP contribution in [0.15, 0.2) is 62.8 Å². The highest BCUT2D eigenvalue weighted by atomic mass is 79.9. The van der Waals surface area contributed by atoms with Gasteiger partial charge in [0.15, 0.2) is 0 Å². The smallest absolute Gasteiger partial charge is 0.206 e. The quantitative estimate of drug-likeness (QED) is 0.754. The molecule has 23 heavy (non-hydrogen) atoms. The van der Waals surface area contributed by atoms with Crippen molar-refractivity contribution in [3.63, 3.8) is 0 Å². The lowest BCUT2D eigenvalue weighted by Crippen LogP contribution is -2.43. The maximum Gasteiger partial charge on any atom is 0.256 e. The van der Waals surface area contributed by atoms with Crippen LogP contribution < -0.4 is 4.83 Å². The van der Waals surface area contributed by atoms with Crippen molar-refractivity contribution in [2.45, 2.75) is 16.7 Å². The van der Waals surface area contributed by atoms with Crippen LogP contribution in [0.1, 0.15) is 5.56 Å². The van der Waals surface area contributed by atoms with Crippen LogP contribution in [-0.4, -0.2) is 28.3 Å². The SMILES string of the molecule is Cc1ccc(S(=O)(=O)NN(C)S(=O)(=O)c2ccc(Br)cc2)cc1. The van der Waals surface area contributed by atoms with Gasteiger partial charge in [0.2, 0.25) is 0 Å². The minimum Gasteiger partial charge on any atom is -0.206 e. The Morgan fingerprint density at radius 3 is 1.87 bits per heavy atom. The van der Waals surface area contributed by atoms with Gasteiger partial charge in [0.05, 0.1) is 9.79 Å². The summed E-state index contributed by atoms with van der Waals surface area (Å²) in [5.41, 5.74) is 0.903. The summed E-state index contributed by atoms with van der Waals surface area (Å²) in [6.45, 7) is 1.83. The molecule has 0 atom stereocenters. The number of benzene rings is 2. The van der Waals surface area contributed by atoms with E-state index in [1.54, 1.807) is 24.3 Å². The highest BCUT2D eigenvalue weighted by Gasteiger charge is 2.26. The molecule has 2 aromatic rings. The molecule has 124 valence electrons. The maximum absolute atomic E-state index is 12.4. The predicted octanol–water partition coefficient (Wildman–Crippen LogP) is 2.27. The van der Waals surface area contributed by atoms with E-state index >= 15 is 0 Å². The molecule has 0 saturated carbocycles. The first-order valence-corrected chi connectivity index (χ1v) is 10.2. The molecule has 0 aliphatic carbocycles. The Balaban J connectivity index is 2.28. The number of hydrazine groups is 1. The van der Waals surface area contributed by atoms with Gasteiger partial charge >= 0.3 is 0 Å². The van der Waals surface area contributed by atoms with E-state index < -0.39 is 20.0 Å². The molecule has 0 bridgehead atoms. The van der Waals surface area contributed by atoms with Gasteiger partial charge in [0.1, 0.15) is 0 Å². The van der Waals surface area contributed by atoms with Gasteiger partial charge in [-0.3, -0.25) is 0 Å². The Kier molecular flexibility index (Phi) is 5.27. The molecular formula is C14H15BrN2O4S2. The van der Waals surface area contributed by atoms with Crippen molar-refractivity contribution in [1.82, 2.24) is 9.25 Å². The van der Waals surface area contributed by atoms with Gasteiger partial charge in [-0.1, -0.05) is 33.6 Å². The number of aryl methyl sites for hydroxylation is 1. The Morgan fingerprint density at radius 1 is 0.870 bits per heavy atom. The number of rotatable bonds is 5. The highest BCUT2D eigenvalue weighted by molar-refractivity contribution is 9.10. The van der Waals surface area contributed by atoms with Crippen molar-refractivity contribution >= 4 is 36.0 Å². The fourth-order valence-electron chi connectivity index (χ4n) is 1.75. The average Bonchev–Trinajstić information content (AvgIpc) is 2.47. The maximum atomic E-state index is 12.4. The number of nitrogens with one attached hydrogen (secondary N) is 1. The first-order valence-electron chi connectivity index (χ1n) is 6.46. The molecule has 0 saturated heterocycles. The fraction of sp³-hybridized carbons (Fsp3) is 0.143. The zero-order valence-electron chi connectivity index (χ0n) is 12.4. The van der Waals surface area contributed by atoms with Crippen LogP contribution in [0.2, 0.25) is 0 Å². The molecule has 0 radical (unpaired) electrons. The van der Waals surface area contributed by atoms with Gasteiger partial charge < -0.3 is 0 Å². The van der Waals surface area contributed by atoms with Gasteiger partial charge in [-0.05, 0) is 43.3 Å². The highest BCUT2D eigenvalue weighted by Crippen LogP contribution is 2.18. The second kappa shape index (κ2) is 6.70. The summed E-state index contributed by atoms with van der Waals surface area (Å²) in [5.74, 6) is 0. The summed E-state index contributed by atoms with van der Waals surface area (Å²) in [6.07, 6.45) is 0. The van der Waals surface area contributed by atoms with Crippen LogP contribution >= 0.6 is 15.9 Å². The normalized spacial score (nSPS) is 12.5. The van der Waals surface area contributed by atoms with Crippen LogP contribution in [0.4, 0.5) is 0 Å². The van der Waals surface area contributed by atoms with E-state index in [1.807, 2.05) is 6.92 Å². The molecule has 0 fully saturated rings. The molecule has 0 heterocycles. The van der Waals surface area contributed by atoms with Crippen molar-refractivity contribution in [2.75, 3.05) is 7.05 Å². The van der Waals surface area contributed by atoms with Crippen molar-refractivity contribution in [2.24, 2.45) is 0 Å². The van der Waals surface area contributed by atoms with E-state index in [0.717, 1.165) is 17.1 Å². The second-order valence-electron chi connectivity index (χ2n) is 4.83. The standard InChI is InChI=1S/C14H15BrN2O4S2/c1-11-3-7-13(8-4-11)22(18,19)16-17(2)23(20,21)14-9-5-12(15)6-10-14/h3-10,16H,1-2H3. The molecule has 6 nitrogen and oxygen atoms in total. The van der Waals surface area contributed by atoms with E-state index in [-0.39, 0.29) is 9.79 Å². The molecule has 2 rings (SSSR count). The topological polar surface area (TPSA) is 83.6 Å². The van der Waals surface area contributed by atoms with Crippen LogP contribution in [0.5, 0.6) is 0 Å². The fourth-order valence-corrected chi connectivity index (χ4v) is 4.44. The van der Waals surface area contributed by atoms with Gasteiger partial charge in [-0.25, -0.2) is 16.8 Å². The third-order valence-electron chi connectivity index (χ3n) is 3.05. The lowest BCUT2D eigenvalue weighted by molar-refractivity contribution is 0.432. The van der Waals surface area contributed by atoms with Crippen molar-refractivity contribution < 1.29 is 16.8 Å². The first-order chi connectivity index (χ1) is 10.6. The summed E-state index contributed by atoms with van der Waals surface area (Å²) in [5, 5.41) is 0. The minimum atomic E-state index is -3.99. The summed E-state index contributed by atoms with van der Waals surface area (Å²) >= 11 is 3.21. The Morgan fingerprint density at radius 2 is 1.35 bits per heavy atom. The molecule has 0 aliphatic heterocycles. The van der Waals surface area contributed by atoms with E-state index in [1.165, 1.54) is 24.3 Å². The largest absolute Gasteiger partial charge is 0.256 e. The predicted molar refractivity (Wildman–Crippen MR) is 90.6 cm³/mol. The first kappa shape index (κ1) is 18.1. The van der Waals surface area contributed by atoms with Crippen molar-refractivity contribution in [3.8, 4) is 0 Å². The number of sulfonamides is 2. The molecule has 0 amide bonds. The van der Waals surface area contributed by atoms with Crippen LogP contribution in [0.25, 0.3) is 0 Å². The van der Waals surface area contributed by atoms with Crippen molar-refractivity contribution in [3.05, 3.63) is 58.6 Å². The molecule has 0 aromatic heterocycles. The van der Waals surface area contributed by atoms with Gasteiger partial charge in [0, 0.05) is 11.5 Å². The Labute approximate surface area is 144 Å². The van der Waals surface area contributed by atoms with E-state index in [2.05, 4.69) is 20.8 Å². The third-order valence-corrected chi connectivity index (χ3v) is 6.78. The lowest BCUT2D eigenvalue weighted by atomic mass is 10.2. The monoisotopic (exact) mass is 418 g/mol. The number of hydrogen-bond donors (Lipinski definition) is 1. The molecule has 1 N–H and O–H groups in total. The molecule has 0 aliphatic rings. The van der Waals surface area contributed by atoms with Gasteiger partial charge in [-0.15, -0.1) is 9.25 Å². The zero-order chi connectivity index (χ0) is 17.3. The van der Waals surface area contributed by atoms with E-state index in [4.69, 9.17) is 0 Å². The molecule has 9 heteroatoms. The van der Waals surface area contributed by atoms with Crippen LogP contribution in [-0.2, 0) is 20.0 Å². The summed E-state index contributed by atoms with van der Waals surface area (Å²) in [7, 11) is -6.83. The number of hydrogen-bond acceptors (Lipinski definition) is 4. The summed E-state index contributed by atoms with van der Waals surface area (Å²) in [6, 6.07) is 12.0. The number of nitrogens with zero attached hydrogens (tertiary/aromatic N) is 1. The van der Waals surface area contributed by atoms with Gasteiger partial charge in [-0.2, -0.15) is 0 Å². The van der Waals surface area contributed by atoms with Crippen LogP contribution in [0, 0.1) is 6.92 Å². The molecular weight excluding hydrogens is 404 g/mol. The molecule has 0 unspecified atom stereocenters. The van der Waals surface area contributed by atoms with Crippen molar-refractivity contribution in [1.29, 1.82) is 0 Å². The Bertz CT molecular complexity index is 893. The third kappa shape index (κ3) is 4.18. The van der Waals surface area contributed by atoms with E-state index in [9.17, 15) is 16.8 Å².